The fourth-order valence-electron chi connectivity index (χ4n) is 1.32. The first-order valence-corrected chi connectivity index (χ1v) is 4.72. The van der Waals surface area contributed by atoms with Crippen LogP contribution >= 0.6 is 0 Å². The Bertz CT molecular complexity index is 529. The van der Waals surface area contributed by atoms with Crippen LogP contribution in [0.5, 0.6) is 0 Å². The van der Waals surface area contributed by atoms with Crippen LogP contribution < -0.4 is 5.73 Å². The summed E-state index contributed by atoms with van der Waals surface area (Å²) in [6.07, 6.45) is 3.30. The molecule has 0 aliphatic carbocycles. The SMILES string of the molecule is NC(Cc1ccc2nccnc2n1)C(=O)O. The van der Waals surface area contributed by atoms with Gasteiger partial charge in [-0.1, -0.05) is 0 Å². The van der Waals surface area contributed by atoms with E-state index in [1.54, 1.807) is 18.3 Å². The second-order valence-corrected chi connectivity index (χ2v) is 3.35. The van der Waals surface area contributed by atoms with Gasteiger partial charge in [-0.05, 0) is 12.1 Å². The number of carboxylic acids is 1. The number of hydrogen-bond donors (Lipinski definition) is 2. The number of aromatic nitrogens is 3. The van der Waals surface area contributed by atoms with Gasteiger partial charge in [-0.2, -0.15) is 0 Å². The van der Waals surface area contributed by atoms with E-state index in [4.69, 9.17) is 10.8 Å². The van der Waals surface area contributed by atoms with Crippen molar-refractivity contribution in [2.45, 2.75) is 12.5 Å². The zero-order valence-electron chi connectivity index (χ0n) is 8.37. The predicted octanol–water partition coefficient (Wildman–Crippen LogP) is -0.0208. The first kappa shape index (κ1) is 10.4. The van der Waals surface area contributed by atoms with Crippen molar-refractivity contribution in [2.24, 2.45) is 5.73 Å². The number of nitrogens with zero attached hydrogens (tertiary/aromatic N) is 3. The minimum absolute atomic E-state index is 0.182. The van der Waals surface area contributed by atoms with E-state index in [-0.39, 0.29) is 6.42 Å². The smallest absolute Gasteiger partial charge is 0.320 e. The van der Waals surface area contributed by atoms with Crippen molar-refractivity contribution in [1.29, 1.82) is 0 Å². The van der Waals surface area contributed by atoms with E-state index in [0.717, 1.165) is 0 Å². The fraction of sp³-hybridized carbons (Fsp3) is 0.200. The van der Waals surface area contributed by atoms with Crippen molar-refractivity contribution < 1.29 is 9.90 Å². The molecule has 16 heavy (non-hydrogen) atoms. The highest BCUT2D eigenvalue weighted by Crippen LogP contribution is 2.07. The molecule has 1 unspecified atom stereocenters. The maximum Gasteiger partial charge on any atom is 0.320 e. The Kier molecular flexibility index (Phi) is 2.74. The van der Waals surface area contributed by atoms with Gasteiger partial charge in [0.15, 0.2) is 5.65 Å². The van der Waals surface area contributed by atoms with Gasteiger partial charge in [-0.15, -0.1) is 0 Å². The van der Waals surface area contributed by atoms with Gasteiger partial charge in [0.05, 0.1) is 0 Å². The van der Waals surface area contributed by atoms with Crippen LogP contribution in [-0.2, 0) is 11.2 Å². The van der Waals surface area contributed by atoms with Gasteiger partial charge in [0.1, 0.15) is 11.6 Å². The topological polar surface area (TPSA) is 102 Å². The predicted molar refractivity (Wildman–Crippen MR) is 56.6 cm³/mol. The number of carboxylic acid groups (broad SMARTS) is 1. The third-order valence-corrected chi connectivity index (χ3v) is 2.14. The summed E-state index contributed by atoms with van der Waals surface area (Å²) in [5, 5.41) is 8.68. The molecule has 6 nitrogen and oxygen atoms in total. The van der Waals surface area contributed by atoms with E-state index in [9.17, 15) is 4.79 Å². The van der Waals surface area contributed by atoms with Crippen molar-refractivity contribution in [1.82, 2.24) is 15.0 Å². The highest BCUT2D eigenvalue weighted by Gasteiger charge is 2.13. The molecule has 0 aliphatic heterocycles. The summed E-state index contributed by atoms with van der Waals surface area (Å²) >= 11 is 0. The lowest BCUT2D eigenvalue weighted by Crippen LogP contribution is -2.32. The van der Waals surface area contributed by atoms with E-state index >= 15 is 0 Å². The average molecular weight is 218 g/mol. The highest BCUT2D eigenvalue weighted by molar-refractivity contribution is 5.74. The molecule has 2 heterocycles. The molecule has 0 aromatic carbocycles. The number of carbonyl (C=O) groups is 1. The third-order valence-electron chi connectivity index (χ3n) is 2.14. The molecule has 82 valence electrons. The largest absolute Gasteiger partial charge is 0.480 e. The van der Waals surface area contributed by atoms with E-state index in [0.29, 0.717) is 16.9 Å². The van der Waals surface area contributed by atoms with E-state index in [1.165, 1.54) is 6.20 Å². The monoisotopic (exact) mass is 218 g/mol. The van der Waals surface area contributed by atoms with Crippen LogP contribution in [0, 0.1) is 0 Å². The van der Waals surface area contributed by atoms with Crippen LogP contribution in [0.4, 0.5) is 0 Å². The molecule has 0 bridgehead atoms. The molecule has 0 radical (unpaired) electrons. The van der Waals surface area contributed by atoms with Crippen LogP contribution in [0.15, 0.2) is 24.5 Å². The Balaban J connectivity index is 2.29. The molecule has 6 heteroatoms. The number of aliphatic carboxylic acids is 1. The second-order valence-electron chi connectivity index (χ2n) is 3.35. The Hall–Kier alpha value is -2.08. The van der Waals surface area contributed by atoms with Gasteiger partial charge < -0.3 is 10.8 Å². The summed E-state index contributed by atoms with van der Waals surface area (Å²) in [5.41, 5.74) is 7.19. The molecule has 1 atom stereocenters. The summed E-state index contributed by atoms with van der Waals surface area (Å²) < 4.78 is 0. The first-order valence-electron chi connectivity index (χ1n) is 4.72. The van der Waals surface area contributed by atoms with Gasteiger partial charge >= 0.3 is 5.97 Å². The summed E-state index contributed by atoms with van der Waals surface area (Å²) in [7, 11) is 0. The maximum atomic E-state index is 10.6. The lowest BCUT2D eigenvalue weighted by atomic mass is 10.1. The van der Waals surface area contributed by atoms with Gasteiger partial charge in [0.25, 0.3) is 0 Å². The lowest BCUT2D eigenvalue weighted by molar-refractivity contribution is -0.138. The minimum Gasteiger partial charge on any atom is -0.480 e. The normalized spacial score (nSPS) is 12.6. The molecule has 0 saturated heterocycles. The van der Waals surface area contributed by atoms with Crippen molar-refractivity contribution in [3.63, 3.8) is 0 Å². The van der Waals surface area contributed by atoms with Crippen molar-refractivity contribution in [3.05, 3.63) is 30.2 Å². The van der Waals surface area contributed by atoms with Gasteiger partial charge in [0, 0.05) is 24.5 Å². The van der Waals surface area contributed by atoms with Crippen molar-refractivity contribution in [2.75, 3.05) is 0 Å². The summed E-state index contributed by atoms with van der Waals surface area (Å²) in [4.78, 5) is 22.9. The molecule has 2 aromatic rings. The van der Waals surface area contributed by atoms with Gasteiger partial charge in [0.2, 0.25) is 0 Å². The number of hydrogen-bond acceptors (Lipinski definition) is 5. The highest BCUT2D eigenvalue weighted by atomic mass is 16.4. The number of rotatable bonds is 3. The van der Waals surface area contributed by atoms with Gasteiger partial charge in [-0.3, -0.25) is 9.78 Å². The molecular formula is C10H10N4O2. The summed E-state index contributed by atoms with van der Waals surface area (Å²) in [5.74, 6) is -1.04. The summed E-state index contributed by atoms with van der Waals surface area (Å²) in [6.45, 7) is 0. The average Bonchev–Trinajstić information content (AvgIpc) is 2.28. The fourth-order valence-corrected chi connectivity index (χ4v) is 1.32. The van der Waals surface area contributed by atoms with E-state index < -0.39 is 12.0 Å². The Morgan fingerprint density at radius 2 is 2.12 bits per heavy atom. The minimum atomic E-state index is -1.04. The molecular weight excluding hydrogens is 208 g/mol. The van der Waals surface area contributed by atoms with Crippen molar-refractivity contribution >= 4 is 17.1 Å². The number of fused-ring (bicyclic) bond motifs is 1. The van der Waals surface area contributed by atoms with E-state index in [1.807, 2.05) is 0 Å². The Labute approximate surface area is 91.2 Å². The zero-order valence-corrected chi connectivity index (χ0v) is 8.37. The van der Waals surface area contributed by atoms with Crippen LogP contribution in [0.25, 0.3) is 11.2 Å². The Morgan fingerprint density at radius 3 is 2.88 bits per heavy atom. The Morgan fingerprint density at radius 1 is 1.38 bits per heavy atom. The molecule has 0 spiro atoms. The molecule has 0 amide bonds. The molecule has 0 saturated carbocycles. The molecule has 0 fully saturated rings. The maximum absolute atomic E-state index is 10.6. The molecule has 2 rings (SSSR count). The van der Waals surface area contributed by atoms with Crippen LogP contribution in [0.2, 0.25) is 0 Å². The van der Waals surface area contributed by atoms with E-state index in [2.05, 4.69) is 15.0 Å². The van der Waals surface area contributed by atoms with Crippen LogP contribution in [-0.4, -0.2) is 32.1 Å². The van der Waals surface area contributed by atoms with Crippen molar-refractivity contribution in [3.8, 4) is 0 Å². The number of pyridine rings is 1. The second kappa shape index (κ2) is 4.19. The first-order chi connectivity index (χ1) is 7.66. The van der Waals surface area contributed by atoms with Crippen LogP contribution in [0.1, 0.15) is 5.69 Å². The molecule has 3 N–H and O–H groups in total. The standard InChI is InChI=1S/C10H10N4O2/c11-7(10(15)16)5-6-1-2-8-9(14-6)13-4-3-12-8/h1-4,7H,5,11H2,(H,15,16). The third kappa shape index (κ3) is 2.12. The number of nitrogens with two attached hydrogens (primary N) is 1. The van der Waals surface area contributed by atoms with Gasteiger partial charge in [-0.25, -0.2) is 9.97 Å². The zero-order chi connectivity index (χ0) is 11.5. The van der Waals surface area contributed by atoms with Crippen LogP contribution in [0.3, 0.4) is 0 Å². The summed E-state index contributed by atoms with van der Waals surface area (Å²) in [6, 6.07) is 2.51. The lowest BCUT2D eigenvalue weighted by Gasteiger charge is -2.05. The molecule has 0 aliphatic rings. The quantitative estimate of drug-likeness (QED) is 0.750. The molecule has 2 aromatic heterocycles.